The molecule has 0 saturated heterocycles. The molecule has 1 aromatic carbocycles. The van der Waals surface area contributed by atoms with Gasteiger partial charge in [0.05, 0.1) is 10.6 Å². The summed E-state index contributed by atoms with van der Waals surface area (Å²) in [5, 5.41) is 4.53. The lowest BCUT2D eigenvalue weighted by Gasteiger charge is -2.29. The Hall–Kier alpha value is -0.420. The SMILES string of the molecule is CC(C)NC(C)(CCSc1cc(Cl)ccc1Cl)C(N)=O. The average Bonchev–Trinajstić information content (AvgIpc) is 2.32. The second-order valence-corrected chi connectivity index (χ2v) is 7.15. The van der Waals surface area contributed by atoms with Crippen molar-refractivity contribution in [1.29, 1.82) is 0 Å². The van der Waals surface area contributed by atoms with Crippen LogP contribution in [0.5, 0.6) is 0 Å². The maximum Gasteiger partial charge on any atom is 0.237 e. The summed E-state index contributed by atoms with van der Waals surface area (Å²) < 4.78 is 0. The number of thioether (sulfide) groups is 1. The Kier molecular flexibility index (Phi) is 6.65. The van der Waals surface area contributed by atoms with Gasteiger partial charge >= 0.3 is 0 Å². The second kappa shape index (κ2) is 7.55. The lowest BCUT2D eigenvalue weighted by Crippen LogP contribution is -2.55. The molecule has 0 heterocycles. The van der Waals surface area contributed by atoms with Gasteiger partial charge in [0.25, 0.3) is 0 Å². The van der Waals surface area contributed by atoms with Gasteiger partial charge in [0.1, 0.15) is 0 Å². The monoisotopic (exact) mass is 334 g/mol. The van der Waals surface area contributed by atoms with Crippen molar-refractivity contribution in [3.63, 3.8) is 0 Å². The zero-order chi connectivity index (χ0) is 15.3. The van der Waals surface area contributed by atoms with Gasteiger partial charge < -0.3 is 11.1 Å². The van der Waals surface area contributed by atoms with Crippen molar-refractivity contribution in [2.24, 2.45) is 5.73 Å². The minimum Gasteiger partial charge on any atom is -0.368 e. The maximum atomic E-state index is 11.6. The van der Waals surface area contributed by atoms with Gasteiger partial charge in [-0.15, -0.1) is 11.8 Å². The van der Waals surface area contributed by atoms with Crippen LogP contribution in [0.1, 0.15) is 27.2 Å². The summed E-state index contributed by atoms with van der Waals surface area (Å²) in [5.74, 6) is 0.378. The van der Waals surface area contributed by atoms with Crippen LogP contribution in [0.2, 0.25) is 10.0 Å². The Morgan fingerprint density at radius 3 is 2.65 bits per heavy atom. The number of hydrogen-bond donors (Lipinski definition) is 2. The highest BCUT2D eigenvalue weighted by Crippen LogP contribution is 2.31. The number of hydrogen-bond acceptors (Lipinski definition) is 3. The normalized spacial score (nSPS) is 14.3. The van der Waals surface area contributed by atoms with Crippen LogP contribution in [-0.2, 0) is 4.79 Å². The number of benzene rings is 1. The van der Waals surface area contributed by atoms with Crippen molar-refractivity contribution >= 4 is 40.9 Å². The molecule has 20 heavy (non-hydrogen) atoms. The summed E-state index contributed by atoms with van der Waals surface area (Å²) in [6, 6.07) is 5.53. The average molecular weight is 335 g/mol. The van der Waals surface area contributed by atoms with E-state index < -0.39 is 5.54 Å². The van der Waals surface area contributed by atoms with Crippen molar-refractivity contribution in [1.82, 2.24) is 5.32 Å². The van der Waals surface area contributed by atoms with E-state index in [0.717, 1.165) is 10.6 Å². The van der Waals surface area contributed by atoms with E-state index in [1.54, 1.807) is 23.9 Å². The number of nitrogens with two attached hydrogens (primary N) is 1. The fourth-order valence-corrected chi connectivity index (χ4v) is 3.52. The molecule has 1 aromatic rings. The number of carbonyl (C=O) groups is 1. The molecular formula is C14H20Cl2N2OS. The molecule has 0 aliphatic heterocycles. The number of halogens is 2. The molecule has 1 amide bonds. The van der Waals surface area contributed by atoms with Gasteiger partial charge in [0.2, 0.25) is 5.91 Å². The van der Waals surface area contributed by atoms with Crippen molar-refractivity contribution in [2.45, 2.75) is 43.7 Å². The second-order valence-electron chi connectivity index (χ2n) is 5.17. The van der Waals surface area contributed by atoms with Gasteiger partial charge in [-0.25, -0.2) is 0 Å². The zero-order valence-electron chi connectivity index (χ0n) is 11.9. The number of nitrogens with one attached hydrogen (secondary N) is 1. The molecule has 1 unspecified atom stereocenters. The number of amides is 1. The molecule has 0 spiro atoms. The minimum absolute atomic E-state index is 0.187. The van der Waals surface area contributed by atoms with Crippen LogP contribution in [0.4, 0.5) is 0 Å². The Morgan fingerprint density at radius 2 is 2.10 bits per heavy atom. The zero-order valence-corrected chi connectivity index (χ0v) is 14.2. The molecule has 3 N–H and O–H groups in total. The molecule has 0 bridgehead atoms. The molecule has 0 fully saturated rings. The molecule has 0 radical (unpaired) electrons. The van der Waals surface area contributed by atoms with E-state index in [1.165, 1.54) is 0 Å². The summed E-state index contributed by atoms with van der Waals surface area (Å²) in [6.07, 6.45) is 0.619. The largest absolute Gasteiger partial charge is 0.368 e. The molecule has 0 aliphatic rings. The van der Waals surface area contributed by atoms with Gasteiger partial charge in [-0.2, -0.15) is 0 Å². The van der Waals surface area contributed by atoms with Crippen molar-refractivity contribution < 1.29 is 4.79 Å². The van der Waals surface area contributed by atoms with Gasteiger partial charge in [-0.1, -0.05) is 23.2 Å². The summed E-state index contributed by atoms with van der Waals surface area (Å²) >= 11 is 13.6. The standard InChI is InChI=1S/C14H20Cl2N2OS/c1-9(2)18-14(3,13(17)19)6-7-20-12-8-10(15)4-5-11(12)16/h4-5,8-9,18H,6-7H2,1-3H3,(H2,17,19). The van der Waals surface area contributed by atoms with Crippen LogP contribution in [0, 0.1) is 0 Å². The first-order chi connectivity index (χ1) is 9.24. The van der Waals surface area contributed by atoms with E-state index in [-0.39, 0.29) is 11.9 Å². The molecule has 6 heteroatoms. The fraction of sp³-hybridized carbons (Fsp3) is 0.500. The topological polar surface area (TPSA) is 55.1 Å². The van der Waals surface area contributed by atoms with E-state index in [4.69, 9.17) is 28.9 Å². The third-order valence-corrected chi connectivity index (χ3v) is 4.64. The summed E-state index contributed by atoms with van der Waals surface area (Å²) in [5.41, 5.74) is 4.78. The first-order valence-corrected chi connectivity index (χ1v) is 8.14. The number of rotatable bonds is 7. The van der Waals surface area contributed by atoms with Crippen molar-refractivity contribution in [3.05, 3.63) is 28.2 Å². The molecule has 0 aromatic heterocycles. The van der Waals surface area contributed by atoms with Gasteiger partial charge in [0, 0.05) is 21.7 Å². The first-order valence-electron chi connectivity index (χ1n) is 6.40. The summed E-state index contributed by atoms with van der Waals surface area (Å²) in [4.78, 5) is 12.5. The third kappa shape index (κ3) is 5.17. The van der Waals surface area contributed by atoms with Crippen molar-refractivity contribution in [2.75, 3.05) is 5.75 Å². The van der Waals surface area contributed by atoms with E-state index in [1.807, 2.05) is 26.8 Å². The quantitative estimate of drug-likeness (QED) is 0.747. The Morgan fingerprint density at radius 1 is 1.45 bits per heavy atom. The molecular weight excluding hydrogens is 315 g/mol. The Balaban J connectivity index is 2.65. The van der Waals surface area contributed by atoms with E-state index in [2.05, 4.69) is 5.32 Å². The van der Waals surface area contributed by atoms with Crippen LogP contribution in [0.3, 0.4) is 0 Å². The van der Waals surface area contributed by atoms with Gasteiger partial charge in [-0.3, -0.25) is 4.79 Å². The molecule has 112 valence electrons. The number of carbonyl (C=O) groups excluding carboxylic acids is 1. The van der Waals surface area contributed by atoms with Gasteiger partial charge in [0.15, 0.2) is 0 Å². The minimum atomic E-state index is -0.716. The number of primary amides is 1. The predicted octanol–water partition coefficient (Wildman–Crippen LogP) is 3.72. The summed E-state index contributed by atoms with van der Waals surface area (Å²) in [7, 11) is 0. The van der Waals surface area contributed by atoms with E-state index in [0.29, 0.717) is 16.5 Å². The Labute approximate surface area is 134 Å². The molecule has 1 atom stereocenters. The highest BCUT2D eigenvalue weighted by atomic mass is 35.5. The molecule has 1 rings (SSSR count). The molecule has 0 saturated carbocycles. The third-order valence-electron chi connectivity index (χ3n) is 2.90. The predicted molar refractivity (Wildman–Crippen MR) is 87.7 cm³/mol. The molecule has 0 aliphatic carbocycles. The van der Waals surface area contributed by atoms with Crippen LogP contribution in [-0.4, -0.2) is 23.2 Å². The van der Waals surface area contributed by atoms with E-state index in [9.17, 15) is 4.79 Å². The van der Waals surface area contributed by atoms with Gasteiger partial charge in [-0.05, 0) is 45.4 Å². The van der Waals surface area contributed by atoms with Crippen LogP contribution in [0.15, 0.2) is 23.1 Å². The van der Waals surface area contributed by atoms with E-state index >= 15 is 0 Å². The van der Waals surface area contributed by atoms with Crippen molar-refractivity contribution in [3.8, 4) is 0 Å². The lowest BCUT2D eigenvalue weighted by molar-refractivity contribution is -0.124. The van der Waals surface area contributed by atoms with Crippen LogP contribution in [0.25, 0.3) is 0 Å². The molecule has 3 nitrogen and oxygen atoms in total. The van der Waals surface area contributed by atoms with Crippen LogP contribution >= 0.6 is 35.0 Å². The first kappa shape index (κ1) is 17.6. The maximum absolute atomic E-state index is 11.6. The highest BCUT2D eigenvalue weighted by Gasteiger charge is 2.30. The lowest BCUT2D eigenvalue weighted by atomic mass is 9.97. The summed E-state index contributed by atoms with van der Waals surface area (Å²) in [6.45, 7) is 5.81. The van der Waals surface area contributed by atoms with Crippen LogP contribution < -0.4 is 11.1 Å². The Bertz CT molecular complexity index is 482. The highest BCUT2D eigenvalue weighted by molar-refractivity contribution is 7.99. The fourth-order valence-electron chi connectivity index (χ4n) is 1.86. The smallest absolute Gasteiger partial charge is 0.237 e.